The molecule has 1 aromatic carbocycles. The Morgan fingerprint density at radius 3 is 2.61 bits per heavy atom. The van der Waals surface area contributed by atoms with Crippen molar-refractivity contribution in [2.75, 3.05) is 0 Å². The van der Waals surface area contributed by atoms with Gasteiger partial charge in [-0.05, 0) is 55.5 Å². The molecule has 0 radical (unpaired) electrons. The summed E-state index contributed by atoms with van der Waals surface area (Å²) in [5.41, 5.74) is -0.774. The lowest BCUT2D eigenvalue weighted by Gasteiger charge is -2.19. The van der Waals surface area contributed by atoms with Gasteiger partial charge in [0, 0.05) is 22.0 Å². The summed E-state index contributed by atoms with van der Waals surface area (Å²) in [6, 6.07) is 4.63. The summed E-state index contributed by atoms with van der Waals surface area (Å²) in [5.74, 6) is -0.802. The Kier molecular flexibility index (Phi) is 5.24. The summed E-state index contributed by atoms with van der Waals surface area (Å²) in [6.45, 7) is 5.25. The van der Waals surface area contributed by atoms with Gasteiger partial charge in [0.2, 0.25) is 0 Å². The topological polar surface area (TPSA) is 96.5 Å². The smallest absolute Gasteiger partial charge is 0.420 e. The molecule has 0 unspecified atom stereocenters. The minimum Gasteiger partial charge on any atom is -0.453 e. The monoisotopic (exact) mass is 499 g/mol. The largest absolute Gasteiger partial charge is 0.453 e. The number of hydrogen-bond donors (Lipinski definition) is 0. The molecule has 0 bridgehead atoms. The first-order valence-corrected chi connectivity index (χ1v) is 9.15. The highest BCUT2D eigenvalue weighted by Crippen LogP contribution is 2.35. The second-order valence-corrected chi connectivity index (χ2v) is 7.97. The van der Waals surface area contributed by atoms with Crippen LogP contribution in [-0.4, -0.2) is 26.2 Å². The Balaban J connectivity index is 2.02. The van der Waals surface area contributed by atoms with E-state index in [0.717, 1.165) is 12.1 Å². The molecule has 10 heteroatoms. The van der Waals surface area contributed by atoms with E-state index in [9.17, 15) is 19.3 Å². The van der Waals surface area contributed by atoms with Crippen LogP contribution in [-0.2, 0) is 4.74 Å². The highest BCUT2D eigenvalue weighted by molar-refractivity contribution is 14.1. The summed E-state index contributed by atoms with van der Waals surface area (Å²) in [7, 11) is 0. The van der Waals surface area contributed by atoms with Crippen LogP contribution in [0.4, 0.5) is 14.9 Å². The molecular weight excluding hydrogens is 484 g/mol. The summed E-state index contributed by atoms with van der Waals surface area (Å²) in [4.78, 5) is 26.7. The highest BCUT2D eigenvalue weighted by atomic mass is 127. The molecule has 0 aliphatic heterocycles. The first-order chi connectivity index (χ1) is 13.1. The quantitative estimate of drug-likeness (QED) is 0.277. The molecule has 2 heterocycles. The van der Waals surface area contributed by atoms with Crippen molar-refractivity contribution in [3.05, 3.63) is 56.2 Å². The maximum absolute atomic E-state index is 14.2. The third-order valence-electron chi connectivity index (χ3n) is 3.54. The normalized spacial score (nSPS) is 11.5. The molecule has 0 spiro atoms. The molecule has 0 amide bonds. The summed E-state index contributed by atoms with van der Waals surface area (Å²) in [6.07, 6.45) is 2.36. The van der Waals surface area contributed by atoms with Gasteiger partial charge in [0.1, 0.15) is 11.4 Å². The van der Waals surface area contributed by atoms with Crippen LogP contribution in [0.2, 0.25) is 0 Å². The van der Waals surface area contributed by atoms with Gasteiger partial charge in [-0.25, -0.2) is 18.7 Å². The van der Waals surface area contributed by atoms with Gasteiger partial charge in [0.05, 0.1) is 16.4 Å². The van der Waals surface area contributed by atoms with Crippen LogP contribution in [0.1, 0.15) is 20.8 Å². The van der Waals surface area contributed by atoms with E-state index in [2.05, 4.69) is 4.98 Å². The average Bonchev–Trinajstić information content (AvgIpc) is 2.93. The third-order valence-corrected chi connectivity index (χ3v) is 4.36. The van der Waals surface area contributed by atoms with Crippen LogP contribution in [0.5, 0.6) is 11.5 Å². The molecule has 3 aromatic rings. The van der Waals surface area contributed by atoms with Crippen LogP contribution in [0.25, 0.3) is 11.0 Å². The van der Waals surface area contributed by atoms with E-state index >= 15 is 0 Å². The SMILES string of the molecule is CC(C)(C)OC(=O)n1cc(I)c2c(Oc3ccc([N+](=O)[O-])cc3F)ccnc21. The molecule has 0 saturated heterocycles. The van der Waals surface area contributed by atoms with Gasteiger partial charge < -0.3 is 9.47 Å². The molecule has 0 aliphatic rings. The highest BCUT2D eigenvalue weighted by Gasteiger charge is 2.23. The molecular formula is C18H15FIN3O5. The number of fused-ring (bicyclic) bond motifs is 1. The zero-order valence-corrected chi connectivity index (χ0v) is 17.3. The van der Waals surface area contributed by atoms with Crippen LogP contribution < -0.4 is 4.74 Å². The average molecular weight is 499 g/mol. The van der Waals surface area contributed by atoms with E-state index in [1.165, 1.54) is 22.9 Å². The fourth-order valence-corrected chi connectivity index (χ4v) is 3.21. The fraction of sp³-hybridized carbons (Fsp3) is 0.222. The number of benzene rings is 1. The van der Waals surface area contributed by atoms with E-state index in [1.54, 1.807) is 27.0 Å². The zero-order valence-electron chi connectivity index (χ0n) is 15.1. The lowest BCUT2D eigenvalue weighted by Crippen LogP contribution is -2.26. The second-order valence-electron chi connectivity index (χ2n) is 6.81. The van der Waals surface area contributed by atoms with Crippen molar-refractivity contribution < 1.29 is 23.6 Å². The number of carbonyl (C=O) groups is 1. The number of pyridine rings is 1. The summed E-state index contributed by atoms with van der Waals surface area (Å²) < 4.78 is 27.1. The Labute approximate surface area is 172 Å². The zero-order chi connectivity index (χ0) is 20.6. The van der Waals surface area contributed by atoms with E-state index < -0.39 is 22.4 Å². The van der Waals surface area contributed by atoms with Crippen molar-refractivity contribution in [1.82, 2.24) is 9.55 Å². The minimum absolute atomic E-state index is 0.182. The number of hydrogen-bond acceptors (Lipinski definition) is 6. The number of aromatic nitrogens is 2. The molecule has 28 heavy (non-hydrogen) atoms. The number of nitro benzene ring substituents is 1. The number of rotatable bonds is 3. The molecule has 3 rings (SSSR count). The maximum atomic E-state index is 14.2. The maximum Gasteiger partial charge on any atom is 0.420 e. The van der Waals surface area contributed by atoms with Gasteiger partial charge in [0.25, 0.3) is 5.69 Å². The van der Waals surface area contributed by atoms with Gasteiger partial charge >= 0.3 is 6.09 Å². The molecule has 0 saturated carbocycles. The molecule has 0 atom stereocenters. The van der Waals surface area contributed by atoms with Crippen LogP contribution >= 0.6 is 22.6 Å². The predicted octanol–water partition coefficient (Wildman–Crippen LogP) is 5.26. The molecule has 0 fully saturated rings. The van der Waals surface area contributed by atoms with Gasteiger partial charge in [-0.1, -0.05) is 0 Å². The first-order valence-electron chi connectivity index (χ1n) is 8.07. The number of halogens is 2. The van der Waals surface area contributed by atoms with Gasteiger partial charge in [-0.2, -0.15) is 0 Å². The molecule has 0 N–H and O–H groups in total. The number of ether oxygens (including phenoxy) is 2. The summed E-state index contributed by atoms with van der Waals surface area (Å²) in [5, 5.41) is 11.2. The van der Waals surface area contributed by atoms with E-state index in [0.29, 0.717) is 14.6 Å². The second kappa shape index (κ2) is 7.34. The van der Waals surface area contributed by atoms with Crippen molar-refractivity contribution in [2.24, 2.45) is 0 Å². The Morgan fingerprint density at radius 2 is 2.00 bits per heavy atom. The number of nitrogens with zero attached hydrogens (tertiary/aromatic N) is 3. The van der Waals surface area contributed by atoms with Crippen molar-refractivity contribution in [1.29, 1.82) is 0 Å². The number of carbonyl (C=O) groups excluding carboxylic acids is 1. The molecule has 0 aliphatic carbocycles. The third kappa shape index (κ3) is 4.06. The van der Waals surface area contributed by atoms with E-state index in [1.807, 2.05) is 22.6 Å². The fourth-order valence-electron chi connectivity index (χ4n) is 2.42. The molecule has 8 nitrogen and oxygen atoms in total. The van der Waals surface area contributed by atoms with E-state index in [4.69, 9.17) is 9.47 Å². The number of non-ortho nitro benzene ring substituents is 1. The van der Waals surface area contributed by atoms with Gasteiger partial charge in [0.15, 0.2) is 17.2 Å². The van der Waals surface area contributed by atoms with Crippen LogP contribution in [0.15, 0.2) is 36.7 Å². The molecule has 2 aromatic heterocycles. The van der Waals surface area contributed by atoms with Crippen molar-refractivity contribution in [3.8, 4) is 11.5 Å². The lowest BCUT2D eigenvalue weighted by molar-refractivity contribution is -0.385. The van der Waals surface area contributed by atoms with Crippen LogP contribution in [0, 0.1) is 19.5 Å². The van der Waals surface area contributed by atoms with Crippen molar-refractivity contribution in [3.63, 3.8) is 0 Å². The van der Waals surface area contributed by atoms with Gasteiger partial charge in [-0.3, -0.25) is 10.1 Å². The van der Waals surface area contributed by atoms with Crippen molar-refractivity contribution in [2.45, 2.75) is 26.4 Å². The lowest BCUT2D eigenvalue weighted by atomic mass is 10.2. The minimum atomic E-state index is -0.874. The van der Waals surface area contributed by atoms with Crippen molar-refractivity contribution >= 4 is 45.4 Å². The number of nitro groups is 1. The Morgan fingerprint density at radius 1 is 1.29 bits per heavy atom. The van der Waals surface area contributed by atoms with Crippen LogP contribution in [0.3, 0.4) is 0 Å². The Hall–Kier alpha value is -2.76. The van der Waals surface area contributed by atoms with Gasteiger partial charge in [-0.15, -0.1) is 0 Å². The van der Waals surface area contributed by atoms with E-state index in [-0.39, 0.29) is 17.2 Å². The first kappa shape index (κ1) is 20.0. The standard InChI is InChI=1S/C18H15FIN3O5/c1-18(2,3)28-17(24)22-9-12(20)15-14(6-7-21-16(15)22)27-13-5-4-10(23(25)26)8-11(13)19/h4-9H,1-3H3. The molecule has 146 valence electrons. The Bertz CT molecular complexity index is 1090. The summed E-state index contributed by atoms with van der Waals surface area (Å²) >= 11 is 2.01. The predicted molar refractivity (Wildman–Crippen MR) is 107 cm³/mol.